The van der Waals surface area contributed by atoms with E-state index < -0.39 is 11.3 Å². The number of ether oxygens (including phenoxy) is 1. The molecule has 2 heterocycles. The summed E-state index contributed by atoms with van der Waals surface area (Å²) in [6, 6.07) is 0. The Morgan fingerprint density at radius 2 is 1.88 bits per heavy atom. The normalized spacial score (nSPS) is 27.3. The number of carbonyl (C=O) groups is 1. The lowest BCUT2D eigenvalue weighted by molar-refractivity contribution is -0.184. The van der Waals surface area contributed by atoms with Crippen LogP contribution in [0.25, 0.3) is 0 Å². The Hall–Kier alpha value is -0.750. The van der Waals surface area contributed by atoms with E-state index in [4.69, 9.17) is 9.84 Å². The van der Waals surface area contributed by atoms with Gasteiger partial charge >= 0.3 is 0 Å². The Labute approximate surface area is 92.2 Å². The Balaban J connectivity index is 1.96. The maximum atomic E-state index is 12.9. The highest BCUT2D eigenvalue weighted by Crippen LogP contribution is 2.33. The van der Waals surface area contributed by atoms with Crippen LogP contribution in [-0.4, -0.2) is 54.7 Å². The van der Waals surface area contributed by atoms with E-state index in [1.807, 2.05) is 0 Å². The van der Waals surface area contributed by atoms with Gasteiger partial charge in [0.05, 0.1) is 19.8 Å². The quantitative estimate of drug-likeness (QED) is 0.746. The number of amides is 1. The van der Waals surface area contributed by atoms with Crippen molar-refractivity contribution in [2.75, 3.05) is 32.9 Å². The second-order valence-corrected chi connectivity index (χ2v) is 4.58. The molecule has 2 fully saturated rings. The van der Waals surface area contributed by atoms with E-state index in [-0.39, 0.29) is 51.7 Å². The minimum Gasteiger partial charge on any atom is -0.395 e. The maximum absolute atomic E-state index is 12.9. The van der Waals surface area contributed by atoms with Gasteiger partial charge in [-0.15, -0.1) is 0 Å². The third kappa shape index (κ3) is 1.91. The fraction of sp³-hybridized carbons (Fsp3) is 0.900. The summed E-state index contributed by atoms with van der Waals surface area (Å²) >= 11 is 0. The summed E-state index contributed by atoms with van der Waals surface area (Å²) in [4.78, 5) is 13.4. The Morgan fingerprint density at radius 1 is 1.31 bits per heavy atom. The first kappa shape index (κ1) is 11.7. The molecular formula is C10H15F2NO3. The first-order valence-electron chi connectivity index (χ1n) is 5.35. The monoisotopic (exact) mass is 235 g/mol. The molecule has 16 heavy (non-hydrogen) atoms. The Bertz CT molecular complexity index is 276. The molecule has 4 nitrogen and oxygen atoms in total. The number of piperidine rings is 1. The van der Waals surface area contributed by atoms with Crippen LogP contribution in [0.3, 0.4) is 0 Å². The highest BCUT2D eigenvalue weighted by molar-refractivity contribution is 5.84. The van der Waals surface area contributed by atoms with Gasteiger partial charge in [-0.25, -0.2) is 8.78 Å². The zero-order valence-corrected chi connectivity index (χ0v) is 8.92. The van der Waals surface area contributed by atoms with Crippen LogP contribution < -0.4 is 0 Å². The number of aliphatic hydroxyl groups is 1. The molecule has 0 aromatic carbocycles. The molecule has 1 N–H and O–H groups in total. The average molecular weight is 235 g/mol. The third-order valence-corrected chi connectivity index (χ3v) is 3.30. The second-order valence-electron chi connectivity index (χ2n) is 4.58. The molecule has 0 atom stereocenters. The van der Waals surface area contributed by atoms with Crippen molar-refractivity contribution < 1.29 is 23.4 Å². The second kappa shape index (κ2) is 3.92. The van der Waals surface area contributed by atoms with Gasteiger partial charge in [-0.3, -0.25) is 4.79 Å². The van der Waals surface area contributed by atoms with E-state index in [0.717, 1.165) is 0 Å². The summed E-state index contributed by atoms with van der Waals surface area (Å²) in [5, 5.41) is 9.16. The van der Waals surface area contributed by atoms with Crippen molar-refractivity contribution in [1.29, 1.82) is 0 Å². The third-order valence-electron chi connectivity index (χ3n) is 3.30. The van der Waals surface area contributed by atoms with Gasteiger partial charge in [-0.1, -0.05) is 0 Å². The largest absolute Gasteiger partial charge is 0.395 e. The van der Waals surface area contributed by atoms with Crippen LogP contribution in [0, 0.1) is 5.41 Å². The highest BCUT2D eigenvalue weighted by Gasteiger charge is 2.49. The summed E-state index contributed by atoms with van der Waals surface area (Å²) in [5.41, 5.74) is -0.868. The predicted octanol–water partition coefficient (Wildman–Crippen LogP) is 0.253. The lowest BCUT2D eigenvalue weighted by Gasteiger charge is -2.43. The predicted molar refractivity (Wildman–Crippen MR) is 51.1 cm³/mol. The van der Waals surface area contributed by atoms with Crippen LogP contribution in [0.2, 0.25) is 0 Å². The lowest BCUT2D eigenvalue weighted by Crippen LogP contribution is -2.59. The van der Waals surface area contributed by atoms with Crippen molar-refractivity contribution in [3.05, 3.63) is 0 Å². The number of nitrogens with zero attached hydrogens (tertiary/aromatic N) is 1. The van der Waals surface area contributed by atoms with Crippen LogP contribution in [0.5, 0.6) is 0 Å². The molecule has 0 unspecified atom stereocenters. The van der Waals surface area contributed by atoms with Crippen molar-refractivity contribution in [3.8, 4) is 0 Å². The molecule has 0 aliphatic carbocycles. The number of rotatable bonds is 2. The van der Waals surface area contributed by atoms with Gasteiger partial charge in [0.1, 0.15) is 5.41 Å². The highest BCUT2D eigenvalue weighted by atomic mass is 19.3. The first-order valence-corrected chi connectivity index (χ1v) is 5.35. The van der Waals surface area contributed by atoms with Crippen LogP contribution in [0.15, 0.2) is 0 Å². The number of likely N-dealkylation sites (tertiary alicyclic amines) is 1. The van der Waals surface area contributed by atoms with E-state index in [9.17, 15) is 13.6 Å². The minimum absolute atomic E-state index is 0.0631. The Morgan fingerprint density at radius 3 is 2.25 bits per heavy atom. The molecule has 0 radical (unpaired) electrons. The van der Waals surface area contributed by atoms with Crippen molar-refractivity contribution in [2.24, 2.45) is 5.41 Å². The van der Waals surface area contributed by atoms with E-state index in [2.05, 4.69) is 0 Å². The van der Waals surface area contributed by atoms with Crippen molar-refractivity contribution >= 4 is 5.91 Å². The van der Waals surface area contributed by atoms with Crippen LogP contribution in [-0.2, 0) is 9.53 Å². The number of halogens is 2. The summed E-state index contributed by atoms with van der Waals surface area (Å²) in [6.07, 6.45) is -0.581. The summed E-state index contributed by atoms with van der Waals surface area (Å²) in [5.74, 6) is -2.91. The summed E-state index contributed by atoms with van der Waals surface area (Å²) < 4.78 is 30.7. The maximum Gasteiger partial charge on any atom is 0.251 e. The number of hydrogen-bond acceptors (Lipinski definition) is 3. The van der Waals surface area contributed by atoms with Crippen LogP contribution in [0.4, 0.5) is 8.78 Å². The lowest BCUT2D eigenvalue weighted by atomic mass is 9.84. The fourth-order valence-corrected chi connectivity index (χ4v) is 2.00. The molecule has 0 aromatic heterocycles. The molecule has 1 amide bonds. The van der Waals surface area contributed by atoms with Gasteiger partial charge in [0.2, 0.25) is 5.91 Å². The van der Waals surface area contributed by atoms with Gasteiger partial charge in [0, 0.05) is 25.9 Å². The molecule has 2 saturated heterocycles. The first-order chi connectivity index (χ1) is 7.49. The molecule has 0 bridgehead atoms. The van der Waals surface area contributed by atoms with E-state index in [1.54, 1.807) is 0 Å². The number of hydrogen-bond donors (Lipinski definition) is 1. The molecule has 2 rings (SSSR count). The van der Waals surface area contributed by atoms with Crippen molar-refractivity contribution in [1.82, 2.24) is 4.90 Å². The molecule has 6 heteroatoms. The fourth-order valence-electron chi connectivity index (χ4n) is 2.00. The van der Waals surface area contributed by atoms with Gasteiger partial charge < -0.3 is 14.7 Å². The smallest absolute Gasteiger partial charge is 0.251 e. The summed E-state index contributed by atoms with van der Waals surface area (Å²) in [6.45, 7) is 0.227. The van der Waals surface area contributed by atoms with Crippen molar-refractivity contribution in [2.45, 2.75) is 18.8 Å². The molecule has 0 saturated carbocycles. The Kier molecular flexibility index (Phi) is 2.88. The molecule has 0 spiro atoms. The number of alkyl halides is 2. The van der Waals surface area contributed by atoms with Gasteiger partial charge in [-0.05, 0) is 0 Å². The van der Waals surface area contributed by atoms with Gasteiger partial charge in [0.15, 0.2) is 0 Å². The van der Waals surface area contributed by atoms with Crippen LogP contribution >= 0.6 is 0 Å². The molecular weight excluding hydrogens is 220 g/mol. The number of carbonyl (C=O) groups excluding carboxylic acids is 1. The SMILES string of the molecule is O=C(N1CCC(F)(F)CC1)C1(CO)COC1. The van der Waals surface area contributed by atoms with Gasteiger partial charge in [0.25, 0.3) is 5.92 Å². The topological polar surface area (TPSA) is 49.8 Å². The molecule has 0 aromatic rings. The van der Waals surface area contributed by atoms with E-state index in [0.29, 0.717) is 0 Å². The number of aliphatic hydroxyl groups excluding tert-OH is 1. The molecule has 92 valence electrons. The van der Waals surface area contributed by atoms with E-state index in [1.165, 1.54) is 4.90 Å². The molecule has 2 aliphatic rings. The average Bonchev–Trinajstić information content (AvgIpc) is 2.16. The summed E-state index contributed by atoms with van der Waals surface area (Å²) in [7, 11) is 0. The zero-order chi connectivity index (χ0) is 11.8. The zero-order valence-electron chi connectivity index (χ0n) is 8.92. The minimum atomic E-state index is -2.65. The van der Waals surface area contributed by atoms with Crippen molar-refractivity contribution in [3.63, 3.8) is 0 Å². The van der Waals surface area contributed by atoms with E-state index >= 15 is 0 Å². The van der Waals surface area contributed by atoms with Crippen LogP contribution in [0.1, 0.15) is 12.8 Å². The standard InChI is InChI=1S/C10H15F2NO3/c11-10(12)1-3-13(4-2-10)8(15)9(5-14)6-16-7-9/h14H,1-7H2. The molecule has 2 aliphatic heterocycles. The van der Waals surface area contributed by atoms with Gasteiger partial charge in [-0.2, -0.15) is 0 Å².